The van der Waals surface area contributed by atoms with Crippen LogP contribution in [0.2, 0.25) is 0 Å². The van der Waals surface area contributed by atoms with Crippen molar-refractivity contribution in [2.75, 3.05) is 13.7 Å². The van der Waals surface area contributed by atoms with Gasteiger partial charge in [0.25, 0.3) is 5.91 Å². The summed E-state index contributed by atoms with van der Waals surface area (Å²) in [5.41, 5.74) is 6.07. The first-order valence-corrected chi connectivity index (χ1v) is 9.48. The van der Waals surface area contributed by atoms with Crippen molar-refractivity contribution < 1.29 is 9.53 Å². The molecule has 3 aromatic rings. The maximum atomic E-state index is 13.0. The summed E-state index contributed by atoms with van der Waals surface area (Å²) in [4.78, 5) is 17.3. The van der Waals surface area contributed by atoms with E-state index in [0.29, 0.717) is 19.5 Å². The fourth-order valence-electron chi connectivity index (χ4n) is 3.40. The zero-order valence-corrected chi connectivity index (χ0v) is 17.0. The zero-order valence-electron chi connectivity index (χ0n) is 17.0. The fraction of sp³-hybridized carbons (Fsp3) is 0.304. The van der Waals surface area contributed by atoms with Crippen LogP contribution in [-0.2, 0) is 13.0 Å². The van der Waals surface area contributed by atoms with E-state index in [1.807, 2.05) is 43.3 Å². The molecular weight excluding hydrogens is 350 g/mol. The first kappa shape index (κ1) is 19.7. The molecule has 0 aliphatic rings. The average molecular weight is 377 g/mol. The Morgan fingerprint density at radius 2 is 1.93 bits per heavy atom. The van der Waals surface area contributed by atoms with Gasteiger partial charge in [0.2, 0.25) is 0 Å². The predicted molar refractivity (Wildman–Crippen MR) is 111 cm³/mol. The van der Waals surface area contributed by atoms with Crippen LogP contribution in [0.5, 0.6) is 5.75 Å². The molecule has 1 amide bonds. The SMILES string of the molecule is COc1cccc(Cn2c(C)c(C)c(C)c2C(=O)NCCc2ccccn2)c1. The summed E-state index contributed by atoms with van der Waals surface area (Å²) in [6.45, 7) is 7.32. The largest absolute Gasteiger partial charge is 0.497 e. The molecule has 1 N–H and O–H groups in total. The van der Waals surface area contributed by atoms with Gasteiger partial charge in [0.05, 0.1) is 7.11 Å². The molecule has 146 valence electrons. The molecule has 0 saturated heterocycles. The number of methoxy groups -OCH3 is 1. The van der Waals surface area contributed by atoms with E-state index in [4.69, 9.17) is 4.74 Å². The van der Waals surface area contributed by atoms with E-state index in [2.05, 4.69) is 34.8 Å². The summed E-state index contributed by atoms with van der Waals surface area (Å²) in [5, 5.41) is 3.05. The fourth-order valence-corrected chi connectivity index (χ4v) is 3.40. The lowest BCUT2D eigenvalue weighted by Gasteiger charge is -2.13. The number of hydrogen-bond donors (Lipinski definition) is 1. The van der Waals surface area contributed by atoms with Crippen molar-refractivity contribution in [2.24, 2.45) is 0 Å². The van der Waals surface area contributed by atoms with Gasteiger partial charge in [-0.05, 0) is 61.7 Å². The number of benzene rings is 1. The van der Waals surface area contributed by atoms with Gasteiger partial charge >= 0.3 is 0 Å². The molecule has 0 saturated carbocycles. The zero-order chi connectivity index (χ0) is 20.1. The second kappa shape index (κ2) is 8.74. The van der Waals surface area contributed by atoms with Crippen molar-refractivity contribution in [3.63, 3.8) is 0 Å². The van der Waals surface area contributed by atoms with Crippen molar-refractivity contribution in [3.8, 4) is 5.75 Å². The third-order valence-corrected chi connectivity index (χ3v) is 5.22. The number of amides is 1. The Bertz CT molecular complexity index is 961. The van der Waals surface area contributed by atoms with Crippen molar-refractivity contribution in [1.82, 2.24) is 14.9 Å². The highest BCUT2D eigenvalue weighted by Crippen LogP contribution is 2.23. The summed E-state index contributed by atoms with van der Waals surface area (Å²) in [6.07, 6.45) is 2.48. The topological polar surface area (TPSA) is 56.1 Å². The predicted octanol–water partition coefficient (Wildman–Crippen LogP) is 3.84. The van der Waals surface area contributed by atoms with Gasteiger partial charge in [-0.25, -0.2) is 0 Å². The van der Waals surface area contributed by atoms with E-state index in [-0.39, 0.29) is 5.91 Å². The standard InChI is InChI=1S/C23H27N3O2/c1-16-17(2)22(23(27)25-13-11-20-9-5-6-12-24-20)26(18(16)3)15-19-8-7-10-21(14-19)28-4/h5-10,12,14H,11,13,15H2,1-4H3,(H,25,27). The summed E-state index contributed by atoms with van der Waals surface area (Å²) >= 11 is 0. The highest BCUT2D eigenvalue weighted by molar-refractivity contribution is 5.95. The van der Waals surface area contributed by atoms with Gasteiger partial charge in [0, 0.05) is 37.1 Å². The molecule has 0 bridgehead atoms. The van der Waals surface area contributed by atoms with Gasteiger partial charge in [-0.3, -0.25) is 9.78 Å². The van der Waals surface area contributed by atoms with Crippen LogP contribution < -0.4 is 10.1 Å². The number of carbonyl (C=O) groups excluding carboxylic acids is 1. The molecule has 3 rings (SSSR count). The van der Waals surface area contributed by atoms with Crippen LogP contribution in [0, 0.1) is 20.8 Å². The molecule has 2 heterocycles. The minimum absolute atomic E-state index is 0.0486. The number of nitrogens with zero attached hydrogens (tertiary/aromatic N) is 2. The molecule has 0 radical (unpaired) electrons. The van der Waals surface area contributed by atoms with Crippen LogP contribution in [0.3, 0.4) is 0 Å². The van der Waals surface area contributed by atoms with Crippen LogP contribution >= 0.6 is 0 Å². The van der Waals surface area contributed by atoms with Crippen LogP contribution in [0.1, 0.15) is 38.6 Å². The van der Waals surface area contributed by atoms with Crippen LogP contribution in [0.4, 0.5) is 0 Å². The highest BCUT2D eigenvalue weighted by Gasteiger charge is 2.20. The quantitative estimate of drug-likeness (QED) is 0.681. The Morgan fingerprint density at radius 3 is 2.64 bits per heavy atom. The Morgan fingerprint density at radius 1 is 1.11 bits per heavy atom. The van der Waals surface area contributed by atoms with Crippen molar-refractivity contribution in [1.29, 1.82) is 0 Å². The van der Waals surface area contributed by atoms with E-state index in [1.54, 1.807) is 13.3 Å². The van der Waals surface area contributed by atoms with E-state index in [1.165, 1.54) is 0 Å². The summed E-state index contributed by atoms with van der Waals surface area (Å²) in [6, 6.07) is 13.8. The summed E-state index contributed by atoms with van der Waals surface area (Å²) in [7, 11) is 1.66. The third-order valence-electron chi connectivity index (χ3n) is 5.22. The smallest absolute Gasteiger partial charge is 0.268 e. The van der Waals surface area contributed by atoms with Crippen LogP contribution in [0.25, 0.3) is 0 Å². The van der Waals surface area contributed by atoms with Gasteiger partial charge in [-0.15, -0.1) is 0 Å². The molecule has 0 atom stereocenters. The van der Waals surface area contributed by atoms with Crippen molar-refractivity contribution in [3.05, 3.63) is 82.4 Å². The molecule has 0 spiro atoms. The molecule has 1 aromatic carbocycles. The Balaban J connectivity index is 1.79. The second-order valence-electron chi connectivity index (χ2n) is 6.95. The number of rotatable bonds is 7. The van der Waals surface area contributed by atoms with E-state index in [9.17, 15) is 4.79 Å². The molecule has 0 unspecified atom stereocenters. The van der Waals surface area contributed by atoms with Gasteiger partial charge < -0.3 is 14.6 Å². The molecule has 2 aromatic heterocycles. The summed E-state index contributed by atoms with van der Waals surface area (Å²) in [5.74, 6) is 0.768. The third kappa shape index (κ3) is 4.25. The first-order valence-electron chi connectivity index (χ1n) is 9.48. The Kier molecular flexibility index (Phi) is 6.14. The number of carbonyl (C=O) groups is 1. The minimum atomic E-state index is -0.0486. The average Bonchev–Trinajstić information content (AvgIpc) is 2.92. The second-order valence-corrected chi connectivity index (χ2v) is 6.95. The number of aromatic nitrogens is 2. The lowest BCUT2D eigenvalue weighted by atomic mass is 10.1. The maximum absolute atomic E-state index is 13.0. The normalized spacial score (nSPS) is 10.7. The van der Waals surface area contributed by atoms with Crippen LogP contribution in [0.15, 0.2) is 48.7 Å². The maximum Gasteiger partial charge on any atom is 0.268 e. The van der Waals surface area contributed by atoms with E-state index in [0.717, 1.165) is 39.5 Å². The molecule has 28 heavy (non-hydrogen) atoms. The van der Waals surface area contributed by atoms with Gasteiger partial charge in [0.1, 0.15) is 11.4 Å². The van der Waals surface area contributed by atoms with Gasteiger partial charge in [-0.2, -0.15) is 0 Å². The number of ether oxygens (including phenoxy) is 1. The first-order chi connectivity index (χ1) is 13.5. The lowest BCUT2D eigenvalue weighted by molar-refractivity contribution is 0.0944. The van der Waals surface area contributed by atoms with E-state index < -0.39 is 0 Å². The van der Waals surface area contributed by atoms with Crippen molar-refractivity contribution in [2.45, 2.75) is 33.7 Å². The van der Waals surface area contributed by atoms with Gasteiger partial charge in [-0.1, -0.05) is 18.2 Å². The molecular formula is C23H27N3O2. The van der Waals surface area contributed by atoms with Crippen LogP contribution in [-0.4, -0.2) is 29.1 Å². The highest BCUT2D eigenvalue weighted by atomic mass is 16.5. The molecule has 5 nitrogen and oxygen atoms in total. The molecule has 0 fully saturated rings. The molecule has 0 aliphatic carbocycles. The van der Waals surface area contributed by atoms with Crippen molar-refractivity contribution >= 4 is 5.91 Å². The number of pyridine rings is 1. The summed E-state index contributed by atoms with van der Waals surface area (Å²) < 4.78 is 7.42. The monoisotopic (exact) mass is 377 g/mol. The van der Waals surface area contributed by atoms with E-state index >= 15 is 0 Å². The Labute approximate surface area is 166 Å². The molecule has 5 heteroatoms. The van der Waals surface area contributed by atoms with Gasteiger partial charge in [0.15, 0.2) is 0 Å². The number of hydrogen-bond acceptors (Lipinski definition) is 3. The number of nitrogens with one attached hydrogen (secondary N) is 1. The lowest BCUT2D eigenvalue weighted by Crippen LogP contribution is -2.29. The minimum Gasteiger partial charge on any atom is -0.497 e. The Hall–Kier alpha value is -3.08. The molecule has 0 aliphatic heterocycles.